The predicted octanol–water partition coefficient (Wildman–Crippen LogP) is 9.44. The molecule has 0 aromatic heterocycles. The number of dihydropyridines is 1. The van der Waals surface area contributed by atoms with E-state index in [1.807, 2.05) is 6.20 Å². The Morgan fingerprint density at radius 2 is 1.79 bits per heavy atom. The number of hydrogen-bond acceptors (Lipinski definition) is 5. The number of likely N-dealkylation sites (N-methyl/N-ethyl adjacent to an activating group) is 1. The first-order valence-electron chi connectivity index (χ1n) is 19.3. The van der Waals surface area contributed by atoms with Crippen molar-refractivity contribution in [3.05, 3.63) is 196 Å². The average Bonchev–Trinajstić information content (AvgIpc) is 3.55. The minimum absolute atomic E-state index is 0.0372. The van der Waals surface area contributed by atoms with Crippen molar-refractivity contribution in [2.75, 3.05) is 20.1 Å². The number of para-hydroxylation sites is 1. The molecule has 5 aliphatic heterocycles. The number of allylic oxidation sites excluding steroid dienone is 13. The highest BCUT2D eigenvalue weighted by molar-refractivity contribution is 5.80. The first kappa shape index (κ1) is 30.9. The summed E-state index contributed by atoms with van der Waals surface area (Å²) in [6, 6.07) is 16.0. The van der Waals surface area contributed by atoms with Crippen molar-refractivity contribution in [2.45, 2.75) is 43.2 Å². The average molecular weight is 694 g/mol. The Kier molecular flexibility index (Phi) is 6.95. The van der Waals surface area contributed by atoms with Gasteiger partial charge in [0.25, 0.3) is 0 Å². The van der Waals surface area contributed by atoms with Crippen LogP contribution in [0, 0.1) is 11.8 Å². The number of ether oxygens (including phenoxy) is 2. The summed E-state index contributed by atoms with van der Waals surface area (Å²) in [5, 5.41) is 3.38. The van der Waals surface area contributed by atoms with Crippen molar-refractivity contribution < 1.29 is 9.47 Å². The summed E-state index contributed by atoms with van der Waals surface area (Å²) in [7, 11) is 2.17. The van der Waals surface area contributed by atoms with Crippen molar-refractivity contribution in [3.8, 4) is 11.5 Å². The van der Waals surface area contributed by atoms with Crippen LogP contribution in [0.2, 0.25) is 0 Å². The highest BCUT2D eigenvalue weighted by Gasteiger charge is 2.57. The molecule has 5 unspecified atom stereocenters. The van der Waals surface area contributed by atoms with Gasteiger partial charge in [-0.15, -0.1) is 0 Å². The number of benzene rings is 2. The van der Waals surface area contributed by atoms with E-state index in [9.17, 15) is 0 Å². The van der Waals surface area contributed by atoms with E-state index in [4.69, 9.17) is 9.47 Å². The van der Waals surface area contributed by atoms with Gasteiger partial charge < -0.3 is 24.6 Å². The Morgan fingerprint density at radius 3 is 2.74 bits per heavy atom. The van der Waals surface area contributed by atoms with E-state index in [2.05, 4.69) is 156 Å². The van der Waals surface area contributed by atoms with Crippen LogP contribution in [0.5, 0.6) is 11.5 Å². The fraction of sp³-hybridized carbons (Fsp3) is 0.250. The summed E-state index contributed by atoms with van der Waals surface area (Å²) in [5.74, 6) is 3.29. The van der Waals surface area contributed by atoms with Crippen molar-refractivity contribution in [3.63, 3.8) is 0 Å². The zero-order chi connectivity index (χ0) is 35.1. The third kappa shape index (κ3) is 4.56. The van der Waals surface area contributed by atoms with Crippen LogP contribution in [0.25, 0.3) is 5.57 Å². The topological polar surface area (TPSA) is 37.0 Å². The second kappa shape index (κ2) is 11.9. The largest absolute Gasteiger partial charge is 0.486 e. The molecule has 1 spiro atoms. The van der Waals surface area contributed by atoms with Crippen LogP contribution in [0.4, 0.5) is 0 Å². The van der Waals surface area contributed by atoms with Gasteiger partial charge in [-0.1, -0.05) is 91.1 Å². The molecule has 1 saturated heterocycles. The van der Waals surface area contributed by atoms with E-state index >= 15 is 0 Å². The van der Waals surface area contributed by atoms with E-state index in [0.29, 0.717) is 5.92 Å². The quantitative estimate of drug-likeness (QED) is 0.347. The molecule has 0 bridgehead atoms. The Bertz CT molecular complexity index is 2340. The number of rotatable bonds is 3. The molecule has 5 nitrogen and oxygen atoms in total. The molecule has 0 saturated carbocycles. The van der Waals surface area contributed by atoms with Gasteiger partial charge in [-0.3, -0.25) is 0 Å². The smallest absolute Gasteiger partial charge is 0.132 e. The van der Waals surface area contributed by atoms with Crippen molar-refractivity contribution in [2.24, 2.45) is 11.8 Å². The summed E-state index contributed by atoms with van der Waals surface area (Å²) < 4.78 is 14.0. The maximum absolute atomic E-state index is 7.11. The highest BCUT2D eigenvalue weighted by Crippen LogP contribution is 2.62. The van der Waals surface area contributed by atoms with Crippen molar-refractivity contribution >= 4 is 5.57 Å². The highest BCUT2D eigenvalue weighted by atomic mass is 16.5. The van der Waals surface area contributed by atoms with E-state index in [-0.39, 0.29) is 18.1 Å². The summed E-state index contributed by atoms with van der Waals surface area (Å²) >= 11 is 0. The lowest BCUT2D eigenvalue weighted by Gasteiger charge is -2.53. The molecule has 1 fully saturated rings. The standard InChI is InChI=1S/C48H43N3O2/c1-50-26-24-32(27-43(50)33-11-10-25-49-30-33)31-20-22-39-46(28-31)52-44-18-8-4-14-37(44)48(39)38-15-5-9-19-45(38)53-47-29-34(21-23-40(47)48)51-41-16-6-2-12-35(41)36-13-3-7-17-42(36)51/h2-4,6,8,10-16,18-25,27-29,35,40-41,47,49H,5,7,9,17,26,30H2,1H3. The van der Waals surface area contributed by atoms with Crippen LogP contribution >= 0.6 is 0 Å². The normalized spacial score (nSPS) is 29.8. The van der Waals surface area contributed by atoms with Gasteiger partial charge in [0, 0.05) is 65.8 Å². The van der Waals surface area contributed by atoms with Gasteiger partial charge in [0.05, 0.1) is 11.5 Å². The third-order valence-electron chi connectivity index (χ3n) is 12.7. The predicted molar refractivity (Wildman–Crippen MR) is 211 cm³/mol. The summed E-state index contributed by atoms with van der Waals surface area (Å²) in [6.45, 7) is 1.68. The minimum Gasteiger partial charge on any atom is -0.486 e. The van der Waals surface area contributed by atoms with Crippen LogP contribution in [0.1, 0.15) is 42.4 Å². The van der Waals surface area contributed by atoms with E-state index in [1.54, 1.807) is 0 Å². The SMILES string of the molecule is CN1CC=C(c2ccc3c(c2)Oc2ccccc2C32C3=CCCC=C3OC3C=C(N4C5=C(C=CCC5)C5C=CC=CC54)C=CC32)C=C1C1=CC=CNC1. The fourth-order valence-corrected chi connectivity index (χ4v) is 10.3. The molecule has 5 heteroatoms. The van der Waals surface area contributed by atoms with Crippen molar-refractivity contribution in [1.82, 2.24) is 15.1 Å². The summed E-state index contributed by atoms with van der Waals surface area (Å²) in [4.78, 5) is 4.93. The first-order valence-corrected chi connectivity index (χ1v) is 19.3. The lowest BCUT2D eigenvalue weighted by molar-refractivity contribution is 0.0618. The minimum atomic E-state index is -0.470. The fourth-order valence-electron chi connectivity index (χ4n) is 10.3. The Morgan fingerprint density at radius 1 is 0.887 bits per heavy atom. The van der Waals surface area contributed by atoms with Gasteiger partial charge in [0.1, 0.15) is 23.4 Å². The number of hydrogen-bond donors (Lipinski definition) is 1. The molecule has 2 aromatic carbocycles. The molecular weight excluding hydrogens is 651 g/mol. The Labute approximate surface area is 312 Å². The van der Waals surface area contributed by atoms with Gasteiger partial charge in [-0.2, -0.15) is 0 Å². The van der Waals surface area contributed by atoms with E-state index < -0.39 is 5.41 Å². The lowest BCUT2D eigenvalue weighted by Crippen LogP contribution is -2.51. The lowest BCUT2D eigenvalue weighted by atomic mass is 9.55. The molecule has 11 rings (SSSR count). The summed E-state index contributed by atoms with van der Waals surface area (Å²) in [6.07, 6.45) is 40.9. The van der Waals surface area contributed by atoms with Crippen molar-refractivity contribution in [1.29, 1.82) is 0 Å². The molecule has 53 heavy (non-hydrogen) atoms. The van der Waals surface area contributed by atoms with Crippen LogP contribution in [0.15, 0.2) is 179 Å². The maximum Gasteiger partial charge on any atom is 0.132 e. The maximum atomic E-state index is 7.11. The van der Waals surface area contributed by atoms with Crippen LogP contribution in [-0.4, -0.2) is 42.1 Å². The molecule has 1 N–H and O–H groups in total. The van der Waals surface area contributed by atoms with Gasteiger partial charge in [-0.05, 0) is 96.7 Å². The Balaban J connectivity index is 1.04. The molecule has 9 aliphatic rings. The van der Waals surface area contributed by atoms with E-state index in [1.165, 1.54) is 56.1 Å². The zero-order valence-electron chi connectivity index (χ0n) is 30.0. The molecule has 5 atom stereocenters. The number of nitrogens with zero attached hydrogens (tertiary/aromatic N) is 2. The monoisotopic (exact) mass is 693 g/mol. The summed E-state index contributed by atoms with van der Waals surface area (Å²) in [5.41, 5.74) is 12.3. The zero-order valence-corrected chi connectivity index (χ0v) is 30.0. The van der Waals surface area contributed by atoms with Gasteiger partial charge in [0.15, 0.2) is 0 Å². The van der Waals surface area contributed by atoms with Crippen LogP contribution in [0.3, 0.4) is 0 Å². The third-order valence-corrected chi connectivity index (χ3v) is 12.7. The molecule has 2 aromatic rings. The van der Waals surface area contributed by atoms with Gasteiger partial charge in [-0.25, -0.2) is 0 Å². The molecule has 0 amide bonds. The van der Waals surface area contributed by atoms with Crippen LogP contribution < -0.4 is 10.1 Å². The molecule has 4 aliphatic carbocycles. The van der Waals surface area contributed by atoms with E-state index in [0.717, 1.165) is 56.0 Å². The first-order chi connectivity index (χ1) is 26.2. The molecule has 0 radical (unpaired) electrons. The molecule has 5 heterocycles. The Hall–Kier alpha value is -5.68. The number of fused-ring (bicyclic) bond motifs is 10. The molecule has 262 valence electrons. The molecular formula is C48H43N3O2. The van der Waals surface area contributed by atoms with Crippen LogP contribution in [-0.2, 0) is 10.2 Å². The van der Waals surface area contributed by atoms with Gasteiger partial charge in [0.2, 0.25) is 0 Å². The number of nitrogens with one attached hydrogen (secondary N) is 1. The second-order valence-electron chi connectivity index (χ2n) is 15.4. The second-order valence-corrected chi connectivity index (χ2v) is 15.4. The van der Waals surface area contributed by atoms with Gasteiger partial charge >= 0.3 is 0 Å².